The van der Waals surface area contributed by atoms with Crippen LogP contribution in [0.4, 0.5) is 0 Å². The topological polar surface area (TPSA) is 21.3 Å². The summed E-state index contributed by atoms with van der Waals surface area (Å²) in [4.78, 5) is 1.32. The van der Waals surface area contributed by atoms with E-state index in [0.717, 1.165) is 18.2 Å². The highest BCUT2D eigenvalue weighted by Gasteiger charge is 2.14. The minimum atomic E-state index is 0.913. The van der Waals surface area contributed by atoms with Gasteiger partial charge in [-0.05, 0) is 36.8 Å². The molecule has 0 radical (unpaired) electrons. The molecular formula is C12H19NOS. The predicted molar refractivity (Wildman–Crippen MR) is 64.5 cm³/mol. The molecule has 0 aromatic carbocycles. The first-order chi connectivity index (χ1) is 7.40. The van der Waals surface area contributed by atoms with E-state index in [0.29, 0.717) is 0 Å². The molecule has 84 valence electrons. The van der Waals surface area contributed by atoms with Gasteiger partial charge in [0.1, 0.15) is 5.75 Å². The third-order valence-electron chi connectivity index (χ3n) is 3.12. The average molecular weight is 225 g/mol. The first-order valence-electron chi connectivity index (χ1n) is 5.71. The van der Waals surface area contributed by atoms with Crippen LogP contribution in [0.1, 0.15) is 30.6 Å². The summed E-state index contributed by atoms with van der Waals surface area (Å²) >= 11 is 1.77. The van der Waals surface area contributed by atoms with E-state index >= 15 is 0 Å². The Bertz CT molecular complexity index is 292. The average Bonchev–Trinajstić information content (AvgIpc) is 2.88. The summed E-state index contributed by atoms with van der Waals surface area (Å²) in [6.07, 6.45) is 5.67. The van der Waals surface area contributed by atoms with Crippen LogP contribution >= 0.6 is 11.3 Å². The maximum Gasteiger partial charge on any atom is 0.134 e. The van der Waals surface area contributed by atoms with Gasteiger partial charge in [0.05, 0.1) is 12.0 Å². The zero-order valence-electron chi connectivity index (χ0n) is 9.29. The van der Waals surface area contributed by atoms with Crippen LogP contribution in [0.3, 0.4) is 0 Å². The van der Waals surface area contributed by atoms with Gasteiger partial charge in [-0.25, -0.2) is 0 Å². The molecule has 0 bridgehead atoms. The Morgan fingerprint density at radius 3 is 3.00 bits per heavy atom. The Hall–Kier alpha value is -0.540. The van der Waals surface area contributed by atoms with Crippen LogP contribution in [0.5, 0.6) is 5.75 Å². The molecule has 2 nitrogen and oxygen atoms in total. The first-order valence-corrected chi connectivity index (χ1v) is 6.59. The molecule has 1 aromatic heterocycles. The van der Waals surface area contributed by atoms with Crippen molar-refractivity contribution in [3.8, 4) is 5.75 Å². The van der Waals surface area contributed by atoms with Gasteiger partial charge in [0.15, 0.2) is 0 Å². The smallest absolute Gasteiger partial charge is 0.134 e. The van der Waals surface area contributed by atoms with Gasteiger partial charge in [-0.2, -0.15) is 0 Å². The Morgan fingerprint density at radius 1 is 1.47 bits per heavy atom. The van der Waals surface area contributed by atoms with Crippen molar-refractivity contribution >= 4 is 11.3 Å². The summed E-state index contributed by atoms with van der Waals surface area (Å²) in [6, 6.07) is 2.04. The molecule has 1 heterocycles. The molecule has 3 heteroatoms. The van der Waals surface area contributed by atoms with E-state index in [-0.39, 0.29) is 0 Å². The predicted octanol–water partition coefficient (Wildman–Crippen LogP) is 3.04. The SMILES string of the molecule is COc1ccsc1CNCC1CCCC1. The van der Waals surface area contributed by atoms with Crippen LogP contribution in [0, 0.1) is 5.92 Å². The molecule has 1 aliphatic carbocycles. The van der Waals surface area contributed by atoms with E-state index in [9.17, 15) is 0 Å². The lowest BCUT2D eigenvalue weighted by molar-refractivity contribution is 0.408. The summed E-state index contributed by atoms with van der Waals surface area (Å²) in [5.74, 6) is 1.94. The molecule has 1 fully saturated rings. The molecule has 1 aromatic rings. The highest BCUT2D eigenvalue weighted by molar-refractivity contribution is 7.10. The standard InChI is InChI=1S/C12H19NOS/c1-14-11-6-7-15-12(11)9-13-8-10-4-2-3-5-10/h6-7,10,13H,2-5,8-9H2,1H3. The molecule has 0 amide bonds. The highest BCUT2D eigenvalue weighted by Crippen LogP contribution is 2.26. The summed E-state index contributed by atoms with van der Waals surface area (Å²) in [7, 11) is 1.74. The lowest BCUT2D eigenvalue weighted by Gasteiger charge is -2.10. The fourth-order valence-electron chi connectivity index (χ4n) is 2.24. The summed E-state index contributed by atoms with van der Waals surface area (Å²) < 4.78 is 5.28. The van der Waals surface area contributed by atoms with Crippen molar-refractivity contribution in [1.29, 1.82) is 0 Å². The molecular weight excluding hydrogens is 206 g/mol. The zero-order chi connectivity index (χ0) is 10.5. The minimum Gasteiger partial charge on any atom is -0.496 e. The van der Waals surface area contributed by atoms with Crippen molar-refractivity contribution in [2.45, 2.75) is 32.2 Å². The van der Waals surface area contributed by atoms with Crippen molar-refractivity contribution in [1.82, 2.24) is 5.32 Å². The van der Waals surface area contributed by atoms with Gasteiger partial charge >= 0.3 is 0 Å². The maximum absolute atomic E-state index is 5.28. The largest absolute Gasteiger partial charge is 0.496 e. The molecule has 15 heavy (non-hydrogen) atoms. The Morgan fingerprint density at radius 2 is 2.27 bits per heavy atom. The van der Waals surface area contributed by atoms with Crippen molar-refractivity contribution in [2.75, 3.05) is 13.7 Å². The third-order valence-corrected chi connectivity index (χ3v) is 4.02. The van der Waals surface area contributed by atoms with E-state index in [1.54, 1.807) is 18.4 Å². The van der Waals surface area contributed by atoms with Crippen LogP contribution in [-0.2, 0) is 6.54 Å². The van der Waals surface area contributed by atoms with Crippen molar-refractivity contribution in [3.63, 3.8) is 0 Å². The fourth-order valence-corrected chi connectivity index (χ4v) is 3.05. The van der Waals surface area contributed by atoms with Crippen LogP contribution in [0.25, 0.3) is 0 Å². The van der Waals surface area contributed by atoms with Crippen molar-refractivity contribution in [3.05, 3.63) is 16.3 Å². The number of rotatable bonds is 5. The van der Waals surface area contributed by atoms with E-state index in [1.807, 2.05) is 6.07 Å². The van der Waals surface area contributed by atoms with Gasteiger partial charge in [0.2, 0.25) is 0 Å². The van der Waals surface area contributed by atoms with Gasteiger partial charge in [-0.1, -0.05) is 12.8 Å². The summed E-state index contributed by atoms with van der Waals surface area (Å²) in [5.41, 5.74) is 0. The van der Waals surface area contributed by atoms with E-state index in [1.165, 1.54) is 37.1 Å². The molecule has 2 rings (SSSR count). The Labute approximate surface area is 95.6 Å². The van der Waals surface area contributed by atoms with Gasteiger partial charge < -0.3 is 10.1 Å². The van der Waals surface area contributed by atoms with E-state index in [4.69, 9.17) is 4.74 Å². The number of methoxy groups -OCH3 is 1. The van der Waals surface area contributed by atoms with Crippen molar-refractivity contribution in [2.24, 2.45) is 5.92 Å². The van der Waals surface area contributed by atoms with Crippen molar-refractivity contribution < 1.29 is 4.74 Å². The van der Waals surface area contributed by atoms with Crippen LogP contribution in [-0.4, -0.2) is 13.7 Å². The number of nitrogens with one attached hydrogen (secondary N) is 1. The molecule has 0 aliphatic heterocycles. The second-order valence-corrected chi connectivity index (χ2v) is 5.19. The highest BCUT2D eigenvalue weighted by atomic mass is 32.1. The molecule has 0 atom stereocenters. The second kappa shape index (κ2) is 5.52. The normalized spacial score (nSPS) is 17.1. The molecule has 0 saturated heterocycles. The van der Waals surface area contributed by atoms with Gasteiger partial charge in [-0.3, -0.25) is 0 Å². The number of hydrogen-bond donors (Lipinski definition) is 1. The Kier molecular flexibility index (Phi) is 4.03. The van der Waals surface area contributed by atoms with Gasteiger partial charge in [-0.15, -0.1) is 11.3 Å². The minimum absolute atomic E-state index is 0.913. The first kappa shape index (κ1) is 11.0. The zero-order valence-corrected chi connectivity index (χ0v) is 10.1. The molecule has 1 saturated carbocycles. The molecule has 0 unspecified atom stereocenters. The molecule has 0 spiro atoms. The van der Waals surface area contributed by atoms with Gasteiger partial charge in [0.25, 0.3) is 0 Å². The van der Waals surface area contributed by atoms with Crippen LogP contribution < -0.4 is 10.1 Å². The molecule has 1 N–H and O–H groups in total. The lowest BCUT2D eigenvalue weighted by Crippen LogP contribution is -2.20. The Balaban J connectivity index is 1.73. The number of thiophene rings is 1. The van der Waals surface area contributed by atoms with E-state index < -0.39 is 0 Å². The summed E-state index contributed by atoms with van der Waals surface area (Å²) in [6.45, 7) is 2.12. The van der Waals surface area contributed by atoms with Crippen LogP contribution in [0.15, 0.2) is 11.4 Å². The third kappa shape index (κ3) is 2.95. The second-order valence-electron chi connectivity index (χ2n) is 4.19. The monoisotopic (exact) mass is 225 g/mol. The quantitative estimate of drug-likeness (QED) is 0.831. The number of hydrogen-bond acceptors (Lipinski definition) is 3. The fraction of sp³-hybridized carbons (Fsp3) is 0.667. The molecule has 1 aliphatic rings. The maximum atomic E-state index is 5.28. The van der Waals surface area contributed by atoms with Gasteiger partial charge in [0, 0.05) is 6.54 Å². The lowest BCUT2D eigenvalue weighted by atomic mass is 10.1. The summed E-state index contributed by atoms with van der Waals surface area (Å²) in [5, 5.41) is 5.62. The van der Waals surface area contributed by atoms with E-state index in [2.05, 4.69) is 10.7 Å². The van der Waals surface area contributed by atoms with Crippen LogP contribution in [0.2, 0.25) is 0 Å². The number of ether oxygens (including phenoxy) is 1.